The normalized spacial score (nSPS) is 57.6. The molecular weight excluding hydrogens is 625 g/mol. The Labute approximate surface area is 188 Å². The van der Waals surface area contributed by atoms with Gasteiger partial charge in [-0.1, -0.05) is 0 Å². The van der Waals surface area contributed by atoms with Crippen molar-refractivity contribution in [3.05, 3.63) is 0 Å². The maximum atomic E-state index is 5.96. The van der Waals surface area contributed by atoms with Crippen LogP contribution in [0.1, 0.15) is 0 Å². The lowest BCUT2D eigenvalue weighted by Crippen LogP contribution is -2.68. The van der Waals surface area contributed by atoms with Crippen LogP contribution in [0, 0.1) is 0 Å². The van der Waals surface area contributed by atoms with Crippen molar-refractivity contribution in [1.29, 1.82) is 0 Å². The molecule has 0 aromatic rings. The van der Waals surface area contributed by atoms with E-state index >= 15 is 0 Å². The van der Waals surface area contributed by atoms with Gasteiger partial charge >= 0.3 is 114 Å². The molecule has 168 valence electrons. The van der Waals surface area contributed by atoms with E-state index in [1.165, 1.54) is 0 Å². The van der Waals surface area contributed by atoms with Crippen LogP contribution in [0.4, 0.5) is 0 Å². The van der Waals surface area contributed by atoms with Gasteiger partial charge in [0.15, 0.2) is 0 Å². The lowest BCUT2D eigenvalue weighted by Gasteiger charge is -2.44. The quantitative estimate of drug-likeness (QED) is 0.230. The highest BCUT2D eigenvalue weighted by atomic mass is 28.6. The summed E-state index contributed by atoms with van der Waals surface area (Å²) in [5.74, 6) is 0. The topological polar surface area (TPSA) is 166 Å². The molecule has 12 bridgehead atoms. The van der Waals surface area contributed by atoms with E-state index in [0.717, 1.165) is 0 Å². The van der Waals surface area contributed by atoms with Gasteiger partial charge in [0.05, 0.1) is 0 Å². The summed E-state index contributed by atoms with van der Waals surface area (Å²) in [4.78, 5) is 0. The van der Waals surface area contributed by atoms with Crippen LogP contribution in [-0.4, -0.2) is 114 Å². The number of hydrogen-bond acceptors (Lipinski definition) is 18. The van der Waals surface area contributed by atoms with E-state index in [1.807, 2.05) is 0 Å². The van der Waals surface area contributed by atoms with Gasteiger partial charge in [-0.3, -0.25) is 0 Å². The molecule has 0 aromatic heterocycles. The van der Waals surface area contributed by atoms with Gasteiger partial charge in [0, 0.05) is 0 Å². The third-order valence-corrected chi connectivity index (χ3v) is 36.0. The fourth-order valence-corrected chi connectivity index (χ4v) is 45.9. The monoisotopic (exact) mass is 636 g/mol. The van der Waals surface area contributed by atoms with E-state index < -0.39 is 114 Å². The Morgan fingerprint density at radius 2 is 0.200 bits per heavy atom. The average molecular weight is 637 g/mol. The molecule has 0 amide bonds. The number of rotatable bonds is 0. The summed E-state index contributed by atoms with van der Waals surface area (Å²) in [5, 5.41) is 0. The van der Waals surface area contributed by atoms with Crippen LogP contribution in [0.25, 0.3) is 0 Å². The maximum absolute atomic E-state index is 5.96. The lowest BCUT2D eigenvalue weighted by molar-refractivity contribution is 0.0429. The third kappa shape index (κ3) is 4.57. The Morgan fingerprint density at radius 1 is 0.133 bits per heavy atom. The summed E-state index contributed by atoms with van der Waals surface area (Å²) in [6.07, 6.45) is 0. The number of hydrogen-bond donors (Lipinski definition) is 0. The molecule has 0 saturated carbocycles. The first-order valence-electron chi connectivity index (χ1n) is 8.49. The zero-order chi connectivity index (χ0) is 19.7. The van der Waals surface area contributed by atoms with E-state index in [-0.39, 0.29) is 0 Å². The zero-order valence-corrected chi connectivity index (χ0v) is 28.1. The summed E-state index contributed by atoms with van der Waals surface area (Å²) in [5.41, 5.74) is 0. The Hall–Kier alpha value is 1.88. The summed E-state index contributed by atoms with van der Waals surface area (Å²) < 4.78 is 107. The fourth-order valence-electron chi connectivity index (χ4n) is 2.79. The van der Waals surface area contributed by atoms with Crippen molar-refractivity contribution in [1.82, 2.24) is 0 Å². The van der Waals surface area contributed by atoms with E-state index in [0.29, 0.717) is 0 Å². The minimum atomic E-state index is -2.90. The second-order valence-electron chi connectivity index (χ2n) is 5.91. The van der Waals surface area contributed by atoms with Crippen LogP contribution in [-0.2, 0) is 74.1 Å². The summed E-state index contributed by atoms with van der Waals surface area (Å²) in [6.45, 7) is 0. The minimum Gasteiger partial charge on any atom is -0.378 e. The van der Waals surface area contributed by atoms with E-state index in [9.17, 15) is 0 Å². The zero-order valence-electron chi connectivity index (χ0n) is 14.3. The molecule has 8 aliphatic heterocycles. The molecule has 30 heavy (non-hydrogen) atoms. The van der Waals surface area contributed by atoms with Crippen molar-refractivity contribution in [3.63, 3.8) is 0 Å². The van der Waals surface area contributed by atoms with Gasteiger partial charge in [0.1, 0.15) is 0 Å². The van der Waals surface area contributed by atoms with Crippen molar-refractivity contribution in [3.8, 4) is 0 Å². The van der Waals surface area contributed by atoms with Crippen molar-refractivity contribution in [2.24, 2.45) is 0 Å². The van der Waals surface area contributed by atoms with Crippen LogP contribution in [0.2, 0.25) is 0 Å². The van der Waals surface area contributed by atoms with Crippen LogP contribution in [0.3, 0.4) is 0 Å². The molecular formula is H12O18Si12. The van der Waals surface area contributed by atoms with Crippen LogP contribution >= 0.6 is 0 Å². The molecule has 0 N–H and O–H groups in total. The first kappa shape index (κ1) is 21.2. The van der Waals surface area contributed by atoms with E-state index in [2.05, 4.69) is 0 Å². The maximum Gasteiger partial charge on any atom is 0.461 e. The van der Waals surface area contributed by atoms with Crippen LogP contribution < -0.4 is 0 Å². The Kier molecular flexibility index (Phi) is 6.24. The van der Waals surface area contributed by atoms with Gasteiger partial charge in [0.25, 0.3) is 0 Å². The second-order valence-corrected chi connectivity index (χ2v) is 32.4. The summed E-state index contributed by atoms with van der Waals surface area (Å²) in [7, 11) is -34.5. The van der Waals surface area contributed by atoms with Crippen molar-refractivity contribution < 1.29 is 74.1 Å². The minimum absolute atomic E-state index is 2.83. The summed E-state index contributed by atoms with van der Waals surface area (Å²) >= 11 is 0. The third-order valence-electron chi connectivity index (χ3n) is 4.00. The van der Waals surface area contributed by atoms with Gasteiger partial charge in [-0.15, -0.1) is 0 Å². The molecule has 18 nitrogen and oxygen atoms in total. The van der Waals surface area contributed by atoms with Crippen molar-refractivity contribution >= 4 is 114 Å². The molecule has 8 rings (SSSR count). The molecule has 0 aromatic carbocycles. The molecule has 8 fully saturated rings. The van der Waals surface area contributed by atoms with Gasteiger partial charge in [0.2, 0.25) is 0 Å². The molecule has 8 aliphatic rings. The predicted octanol–water partition coefficient (Wildman–Crippen LogP) is -9.01. The van der Waals surface area contributed by atoms with Crippen molar-refractivity contribution in [2.45, 2.75) is 0 Å². The SMILES string of the molecule is O1[SiH]2O[SiH]3O[SiH]4O[SiH]1O[SiH]1O[SiH](O2)O[SiH]2O[SiH]5O[SiH](O[SiH](O2)O3)O[SiH](O[SiH](O5)O1)O4. The van der Waals surface area contributed by atoms with Gasteiger partial charge in [-0.25, -0.2) is 0 Å². The van der Waals surface area contributed by atoms with Crippen LogP contribution in [0.15, 0.2) is 0 Å². The van der Waals surface area contributed by atoms with Gasteiger partial charge < -0.3 is 74.1 Å². The first-order valence-corrected chi connectivity index (χ1v) is 25.5. The van der Waals surface area contributed by atoms with Crippen molar-refractivity contribution in [2.75, 3.05) is 0 Å². The van der Waals surface area contributed by atoms with Gasteiger partial charge in [-0.05, 0) is 0 Å². The molecule has 0 atom stereocenters. The fraction of sp³-hybridized carbons (Fsp3) is 0. The lowest BCUT2D eigenvalue weighted by atomic mass is 15.5. The Balaban J connectivity index is 1.37. The smallest absolute Gasteiger partial charge is 0.378 e. The largest absolute Gasteiger partial charge is 0.461 e. The second kappa shape index (κ2) is 8.83. The highest BCUT2D eigenvalue weighted by molar-refractivity contribution is 6.82. The molecule has 0 spiro atoms. The average Bonchev–Trinajstić information content (AvgIpc) is 2.61. The first-order chi connectivity index (χ1) is 14.7. The highest BCUT2D eigenvalue weighted by Gasteiger charge is 2.55. The molecule has 0 radical (unpaired) electrons. The highest BCUT2D eigenvalue weighted by Crippen LogP contribution is 2.26. The Morgan fingerprint density at radius 3 is 0.267 bits per heavy atom. The van der Waals surface area contributed by atoms with Gasteiger partial charge in [-0.2, -0.15) is 0 Å². The summed E-state index contributed by atoms with van der Waals surface area (Å²) in [6, 6.07) is 0. The van der Waals surface area contributed by atoms with Crippen LogP contribution in [0.5, 0.6) is 0 Å². The van der Waals surface area contributed by atoms with E-state index in [1.54, 1.807) is 0 Å². The molecule has 0 unspecified atom stereocenters. The molecule has 8 heterocycles. The molecule has 8 saturated heterocycles. The Bertz CT molecular complexity index is 505. The molecule has 30 heteroatoms. The predicted molar refractivity (Wildman–Crippen MR) is 105 cm³/mol. The standard InChI is InChI=1S/H12O18Si12/c1-19-2-24-12-27-4-20(9-19)3-25-11-23(1)15-26-5-21-6-29(17-25)14-30(18-27)8-22(10-21)7-28(13-26)16-24/h19-30H. The molecule has 0 aliphatic carbocycles. The van der Waals surface area contributed by atoms with E-state index in [4.69, 9.17) is 74.1 Å².